The maximum atomic E-state index is 12.6. The topological polar surface area (TPSA) is 42.4 Å². The first-order valence-electron chi connectivity index (χ1n) is 4.35. The van der Waals surface area contributed by atoms with Crippen molar-refractivity contribution in [3.63, 3.8) is 0 Å². The van der Waals surface area contributed by atoms with Crippen molar-refractivity contribution in [2.75, 3.05) is 7.11 Å². The van der Waals surface area contributed by atoms with Crippen LogP contribution in [0.15, 0.2) is 6.07 Å². The predicted molar refractivity (Wildman–Crippen MR) is 46.7 cm³/mol. The van der Waals surface area contributed by atoms with Crippen LogP contribution in [-0.4, -0.2) is 17.2 Å². The Morgan fingerprint density at radius 1 is 1.41 bits per heavy atom. The van der Waals surface area contributed by atoms with E-state index in [1.807, 2.05) is 0 Å². The van der Waals surface area contributed by atoms with E-state index in [1.165, 1.54) is 0 Å². The molecule has 1 aromatic heterocycles. The standard InChI is InChI=1S/C9H8F5NO2/c1-17-8-6(7(10)11)4(3-16)2-5(15-8)9(12,13)14/h2,7,16H,3H2,1H3. The van der Waals surface area contributed by atoms with E-state index in [1.54, 1.807) is 0 Å². The zero-order chi connectivity index (χ0) is 13.2. The maximum absolute atomic E-state index is 12.6. The SMILES string of the molecule is COc1nc(C(F)(F)F)cc(CO)c1C(F)F. The lowest BCUT2D eigenvalue weighted by Gasteiger charge is -2.14. The minimum atomic E-state index is -4.79. The molecule has 0 fully saturated rings. The molecule has 0 spiro atoms. The Kier molecular flexibility index (Phi) is 3.87. The smallest absolute Gasteiger partial charge is 0.433 e. The first-order chi connectivity index (χ1) is 7.81. The van der Waals surface area contributed by atoms with Crippen molar-refractivity contribution in [3.8, 4) is 5.88 Å². The van der Waals surface area contributed by atoms with Crippen molar-refractivity contribution in [1.82, 2.24) is 4.98 Å². The normalized spacial score (nSPS) is 12.0. The van der Waals surface area contributed by atoms with Crippen LogP contribution in [0.25, 0.3) is 0 Å². The van der Waals surface area contributed by atoms with Crippen LogP contribution in [0.2, 0.25) is 0 Å². The third kappa shape index (κ3) is 2.82. The summed E-state index contributed by atoms with van der Waals surface area (Å²) < 4.78 is 66.6. The van der Waals surface area contributed by atoms with Gasteiger partial charge in [0.1, 0.15) is 5.69 Å². The molecule has 1 N–H and O–H groups in total. The van der Waals surface area contributed by atoms with Crippen LogP contribution in [0.1, 0.15) is 23.2 Å². The number of hydrogen-bond donors (Lipinski definition) is 1. The van der Waals surface area contributed by atoms with Crippen molar-refractivity contribution in [3.05, 3.63) is 22.9 Å². The van der Waals surface area contributed by atoms with E-state index in [9.17, 15) is 22.0 Å². The Hall–Kier alpha value is -1.44. The van der Waals surface area contributed by atoms with Gasteiger partial charge in [-0.15, -0.1) is 0 Å². The molecule has 0 saturated heterocycles. The van der Waals surface area contributed by atoms with E-state index < -0.39 is 41.9 Å². The highest BCUT2D eigenvalue weighted by molar-refractivity contribution is 5.38. The molecule has 0 amide bonds. The molecule has 0 unspecified atom stereocenters. The fraction of sp³-hybridized carbons (Fsp3) is 0.444. The predicted octanol–water partition coefficient (Wildman–Crippen LogP) is 2.54. The number of aromatic nitrogens is 1. The Labute approximate surface area is 92.8 Å². The van der Waals surface area contributed by atoms with Crippen LogP contribution in [0, 0.1) is 0 Å². The van der Waals surface area contributed by atoms with E-state index in [0.29, 0.717) is 6.07 Å². The molecule has 3 nitrogen and oxygen atoms in total. The molecular formula is C9H8F5NO2. The van der Waals surface area contributed by atoms with Crippen LogP contribution >= 0.6 is 0 Å². The number of nitrogens with zero attached hydrogens (tertiary/aromatic N) is 1. The molecule has 0 aliphatic heterocycles. The molecule has 0 bridgehead atoms. The summed E-state index contributed by atoms with van der Waals surface area (Å²) in [6, 6.07) is 0.379. The number of methoxy groups -OCH3 is 1. The largest absolute Gasteiger partial charge is 0.481 e. The number of pyridine rings is 1. The summed E-state index contributed by atoms with van der Waals surface area (Å²) in [6.07, 6.45) is -7.88. The highest BCUT2D eigenvalue weighted by Crippen LogP contribution is 2.36. The third-order valence-corrected chi connectivity index (χ3v) is 1.98. The number of hydrogen-bond acceptors (Lipinski definition) is 3. The maximum Gasteiger partial charge on any atom is 0.433 e. The monoisotopic (exact) mass is 257 g/mol. The van der Waals surface area contributed by atoms with E-state index >= 15 is 0 Å². The van der Waals surface area contributed by atoms with Crippen LogP contribution in [-0.2, 0) is 12.8 Å². The Balaban J connectivity index is 3.45. The molecule has 1 aromatic rings. The van der Waals surface area contributed by atoms with Crippen molar-refractivity contribution in [2.45, 2.75) is 19.2 Å². The summed E-state index contributed by atoms with van der Waals surface area (Å²) in [6.45, 7) is -0.957. The molecule has 8 heteroatoms. The number of aliphatic hydroxyl groups is 1. The second kappa shape index (κ2) is 4.82. The van der Waals surface area contributed by atoms with Gasteiger partial charge in [0.15, 0.2) is 0 Å². The first-order valence-corrected chi connectivity index (χ1v) is 4.35. The second-order valence-electron chi connectivity index (χ2n) is 3.05. The summed E-state index contributed by atoms with van der Waals surface area (Å²) in [7, 11) is 0.926. The highest BCUT2D eigenvalue weighted by Gasteiger charge is 2.35. The number of rotatable bonds is 3. The highest BCUT2D eigenvalue weighted by atomic mass is 19.4. The minimum absolute atomic E-state index is 0.379. The third-order valence-electron chi connectivity index (χ3n) is 1.98. The molecule has 0 aliphatic rings. The molecule has 0 atom stereocenters. The van der Waals surface area contributed by atoms with Crippen LogP contribution in [0.5, 0.6) is 5.88 Å². The van der Waals surface area contributed by atoms with Gasteiger partial charge in [-0.2, -0.15) is 13.2 Å². The lowest BCUT2D eigenvalue weighted by atomic mass is 10.1. The summed E-state index contributed by atoms with van der Waals surface area (Å²) in [5.74, 6) is -0.834. The van der Waals surface area contributed by atoms with Gasteiger partial charge in [0.25, 0.3) is 6.43 Å². The Bertz CT molecular complexity index is 380. The fourth-order valence-corrected chi connectivity index (χ4v) is 1.25. The van der Waals surface area contributed by atoms with Gasteiger partial charge in [0, 0.05) is 0 Å². The van der Waals surface area contributed by atoms with Gasteiger partial charge in [-0.1, -0.05) is 0 Å². The summed E-state index contributed by atoms with van der Waals surface area (Å²) in [5, 5.41) is 8.79. The van der Waals surface area contributed by atoms with Crippen LogP contribution in [0.4, 0.5) is 22.0 Å². The van der Waals surface area contributed by atoms with E-state index in [2.05, 4.69) is 9.72 Å². The van der Waals surface area contributed by atoms with Crippen LogP contribution < -0.4 is 4.74 Å². The molecule has 0 aromatic carbocycles. The van der Waals surface area contributed by atoms with Crippen molar-refractivity contribution in [2.24, 2.45) is 0 Å². The molecule has 96 valence electrons. The van der Waals surface area contributed by atoms with Gasteiger partial charge in [0.2, 0.25) is 5.88 Å². The summed E-state index contributed by atoms with van der Waals surface area (Å²) in [5.41, 5.74) is -2.77. The number of alkyl halides is 5. The quantitative estimate of drug-likeness (QED) is 0.846. The fourth-order valence-electron chi connectivity index (χ4n) is 1.25. The molecule has 0 aliphatic carbocycles. The van der Waals surface area contributed by atoms with Crippen LogP contribution in [0.3, 0.4) is 0 Å². The molecule has 0 radical (unpaired) electrons. The van der Waals surface area contributed by atoms with E-state index in [0.717, 1.165) is 7.11 Å². The van der Waals surface area contributed by atoms with Gasteiger partial charge in [0.05, 0.1) is 19.3 Å². The van der Waals surface area contributed by atoms with Gasteiger partial charge < -0.3 is 9.84 Å². The van der Waals surface area contributed by atoms with Crippen molar-refractivity contribution >= 4 is 0 Å². The average molecular weight is 257 g/mol. The Morgan fingerprint density at radius 2 is 2.00 bits per heavy atom. The lowest BCUT2D eigenvalue weighted by molar-refractivity contribution is -0.141. The minimum Gasteiger partial charge on any atom is -0.481 e. The second-order valence-corrected chi connectivity index (χ2v) is 3.05. The molecule has 17 heavy (non-hydrogen) atoms. The van der Waals surface area contributed by atoms with E-state index in [-0.39, 0.29) is 0 Å². The van der Waals surface area contributed by atoms with Gasteiger partial charge >= 0.3 is 6.18 Å². The molecule has 0 saturated carbocycles. The molecule has 1 rings (SSSR count). The average Bonchev–Trinajstić information content (AvgIpc) is 2.25. The van der Waals surface area contributed by atoms with Gasteiger partial charge in [-0.3, -0.25) is 0 Å². The van der Waals surface area contributed by atoms with E-state index in [4.69, 9.17) is 5.11 Å². The van der Waals surface area contributed by atoms with Crippen molar-refractivity contribution in [1.29, 1.82) is 0 Å². The first kappa shape index (κ1) is 13.6. The van der Waals surface area contributed by atoms with Gasteiger partial charge in [-0.05, 0) is 11.6 Å². The Morgan fingerprint density at radius 3 is 2.35 bits per heavy atom. The van der Waals surface area contributed by atoms with Gasteiger partial charge in [-0.25, -0.2) is 13.8 Å². The summed E-state index contributed by atoms with van der Waals surface area (Å²) >= 11 is 0. The zero-order valence-corrected chi connectivity index (χ0v) is 8.55. The molecule has 1 heterocycles. The number of halogens is 5. The molecular weight excluding hydrogens is 249 g/mol. The lowest BCUT2D eigenvalue weighted by Crippen LogP contribution is -2.12. The number of ether oxygens (including phenoxy) is 1. The number of aliphatic hydroxyl groups excluding tert-OH is 1. The zero-order valence-electron chi connectivity index (χ0n) is 8.55. The van der Waals surface area contributed by atoms with Crippen molar-refractivity contribution < 1.29 is 31.8 Å². The summed E-state index contributed by atoms with van der Waals surface area (Å²) in [4.78, 5) is 2.95.